The Kier molecular flexibility index (Phi) is 10.6. The normalized spacial score (nSPS) is 28.3. The minimum absolute atomic E-state index is 0. The summed E-state index contributed by atoms with van der Waals surface area (Å²) in [4.78, 5) is 7.21. The molecule has 0 radical (unpaired) electrons. The van der Waals surface area contributed by atoms with Crippen molar-refractivity contribution in [3.05, 3.63) is 0 Å². The molecule has 1 unspecified atom stereocenters. The lowest BCUT2D eigenvalue weighted by Crippen LogP contribution is -2.47. The molecule has 2 rings (SSSR count). The maximum absolute atomic E-state index is 12.8. The van der Waals surface area contributed by atoms with Gasteiger partial charge in [-0.1, -0.05) is 13.3 Å². The van der Waals surface area contributed by atoms with E-state index in [1.165, 1.54) is 19.3 Å². The van der Waals surface area contributed by atoms with E-state index >= 15 is 0 Å². The van der Waals surface area contributed by atoms with Crippen molar-refractivity contribution in [1.82, 2.24) is 15.5 Å². The van der Waals surface area contributed by atoms with Crippen LogP contribution in [0.15, 0.2) is 4.99 Å². The number of halogens is 4. The van der Waals surface area contributed by atoms with Crippen LogP contribution in [0.25, 0.3) is 0 Å². The fourth-order valence-electron chi connectivity index (χ4n) is 3.96. The third kappa shape index (κ3) is 7.40. The van der Waals surface area contributed by atoms with Gasteiger partial charge in [0.2, 0.25) is 0 Å². The van der Waals surface area contributed by atoms with Crippen LogP contribution >= 0.6 is 24.0 Å². The van der Waals surface area contributed by atoms with Crippen molar-refractivity contribution >= 4 is 29.9 Å². The zero-order valence-electron chi connectivity index (χ0n) is 15.9. The molecule has 8 heteroatoms. The quantitative estimate of drug-likeness (QED) is 0.346. The summed E-state index contributed by atoms with van der Waals surface area (Å²) < 4.78 is 38.4. The van der Waals surface area contributed by atoms with Gasteiger partial charge >= 0.3 is 6.18 Å². The molecule has 1 aliphatic heterocycles. The predicted octanol–water partition coefficient (Wildman–Crippen LogP) is 4.16. The average molecular weight is 490 g/mol. The lowest BCUT2D eigenvalue weighted by molar-refractivity contribution is -0.182. The highest BCUT2D eigenvalue weighted by atomic mass is 127. The number of guanidine groups is 1. The Morgan fingerprint density at radius 2 is 1.77 bits per heavy atom. The highest BCUT2D eigenvalue weighted by Crippen LogP contribution is 2.37. The first-order chi connectivity index (χ1) is 11.9. The number of alkyl halides is 3. The topological polar surface area (TPSA) is 39.7 Å². The zero-order chi connectivity index (χ0) is 18.3. The summed E-state index contributed by atoms with van der Waals surface area (Å²) in [6.45, 7) is 7.89. The monoisotopic (exact) mass is 490 g/mol. The average Bonchev–Trinajstić information content (AvgIpc) is 2.60. The molecule has 2 aliphatic rings. The van der Waals surface area contributed by atoms with Crippen LogP contribution in [0.3, 0.4) is 0 Å². The maximum atomic E-state index is 12.8. The van der Waals surface area contributed by atoms with Crippen LogP contribution < -0.4 is 10.6 Å². The molecule has 0 bridgehead atoms. The number of hydrogen-bond acceptors (Lipinski definition) is 2. The lowest BCUT2D eigenvalue weighted by atomic mass is 9.85. The van der Waals surface area contributed by atoms with Gasteiger partial charge in [-0.05, 0) is 58.5 Å². The Morgan fingerprint density at radius 3 is 2.35 bits per heavy atom. The van der Waals surface area contributed by atoms with E-state index in [-0.39, 0.29) is 42.9 Å². The highest BCUT2D eigenvalue weighted by molar-refractivity contribution is 14.0. The molecule has 1 saturated heterocycles. The van der Waals surface area contributed by atoms with Crippen LogP contribution in [0.2, 0.25) is 0 Å². The third-order valence-electron chi connectivity index (χ3n) is 5.49. The Hall–Kier alpha value is -0.250. The number of likely N-dealkylation sites (N-methyl/N-ethyl adjacent to an activating group) is 1. The fourth-order valence-corrected chi connectivity index (χ4v) is 3.96. The molecule has 0 aromatic carbocycles. The van der Waals surface area contributed by atoms with Crippen LogP contribution in [0.1, 0.15) is 58.8 Å². The van der Waals surface area contributed by atoms with E-state index in [9.17, 15) is 13.2 Å². The summed E-state index contributed by atoms with van der Waals surface area (Å²) in [5.41, 5.74) is 0. The minimum atomic E-state index is -4.05. The van der Waals surface area contributed by atoms with E-state index in [4.69, 9.17) is 4.99 Å². The molecule has 1 saturated carbocycles. The Balaban J connectivity index is 0.00000338. The largest absolute Gasteiger partial charge is 0.391 e. The van der Waals surface area contributed by atoms with E-state index in [2.05, 4.69) is 22.5 Å². The molecule has 1 heterocycles. The molecule has 4 nitrogen and oxygen atoms in total. The molecule has 0 spiro atoms. The van der Waals surface area contributed by atoms with Gasteiger partial charge in [-0.2, -0.15) is 13.2 Å². The van der Waals surface area contributed by atoms with Crippen molar-refractivity contribution in [2.75, 3.05) is 26.2 Å². The van der Waals surface area contributed by atoms with Crippen LogP contribution in [0.5, 0.6) is 0 Å². The first kappa shape index (κ1) is 23.8. The molecule has 1 atom stereocenters. The summed E-state index contributed by atoms with van der Waals surface area (Å²) in [7, 11) is 0. The number of nitrogens with zero attached hydrogens (tertiary/aromatic N) is 2. The van der Waals surface area contributed by atoms with Crippen molar-refractivity contribution < 1.29 is 13.2 Å². The van der Waals surface area contributed by atoms with Gasteiger partial charge in [0.1, 0.15) is 0 Å². The zero-order valence-corrected chi connectivity index (χ0v) is 18.3. The molecule has 0 aromatic heterocycles. The number of hydrogen-bond donors (Lipinski definition) is 2. The summed E-state index contributed by atoms with van der Waals surface area (Å²) in [5, 5.41) is 6.60. The van der Waals surface area contributed by atoms with Crippen molar-refractivity contribution in [3.8, 4) is 0 Å². The van der Waals surface area contributed by atoms with Gasteiger partial charge in [0.15, 0.2) is 5.96 Å². The fraction of sp³-hybridized carbons (Fsp3) is 0.944. The lowest BCUT2D eigenvalue weighted by Gasteiger charge is -2.34. The van der Waals surface area contributed by atoms with Gasteiger partial charge in [0, 0.05) is 18.6 Å². The smallest absolute Gasteiger partial charge is 0.357 e. The standard InChI is InChI=1S/C18H33F3N4.HI/c1-3-22-17(23-13-16-7-5-6-12-25(16)4-2)24-15-10-8-14(9-11-15)18(19,20)21;/h14-16H,3-13H2,1-2H3,(H2,22,23,24);1H. The van der Waals surface area contributed by atoms with Crippen molar-refractivity contribution in [1.29, 1.82) is 0 Å². The molecule has 26 heavy (non-hydrogen) atoms. The second-order valence-corrected chi connectivity index (χ2v) is 7.23. The Morgan fingerprint density at radius 1 is 1.08 bits per heavy atom. The van der Waals surface area contributed by atoms with Crippen LogP contribution in [0.4, 0.5) is 13.2 Å². The van der Waals surface area contributed by atoms with E-state index in [0.717, 1.165) is 32.1 Å². The van der Waals surface area contributed by atoms with Crippen molar-refractivity contribution in [2.24, 2.45) is 10.9 Å². The van der Waals surface area contributed by atoms with E-state index in [1.807, 2.05) is 6.92 Å². The molecular formula is C18H34F3IN4. The molecule has 0 aromatic rings. The van der Waals surface area contributed by atoms with Crippen molar-refractivity contribution in [3.63, 3.8) is 0 Å². The first-order valence-electron chi connectivity index (χ1n) is 9.79. The predicted molar refractivity (Wildman–Crippen MR) is 111 cm³/mol. The summed E-state index contributed by atoms with van der Waals surface area (Å²) in [6.07, 6.45) is 1.18. The van der Waals surface area contributed by atoms with Gasteiger partial charge in [0.05, 0.1) is 12.5 Å². The molecule has 1 aliphatic carbocycles. The van der Waals surface area contributed by atoms with Gasteiger partial charge in [-0.25, -0.2) is 0 Å². The summed E-state index contributed by atoms with van der Waals surface area (Å²) >= 11 is 0. The molecule has 2 N–H and O–H groups in total. The second-order valence-electron chi connectivity index (χ2n) is 7.23. The maximum Gasteiger partial charge on any atom is 0.391 e. The molecular weight excluding hydrogens is 456 g/mol. The van der Waals surface area contributed by atoms with Crippen LogP contribution in [-0.2, 0) is 0 Å². The van der Waals surface area contributed by atoms with Crippen LogP contribution in [0, 0.1) is 5.92 Å². The van der Waals surface area contributed by atoms with Gasteiger partial charge in [0.25, 0.3) is 0 Å². The van der Waals surface area contributed by atoms with Gasteiger partial charge in [-0.15, -0.1) is 24.0 Å². The number of nitrogens with one attached hydrogen (secondary N) is 2. The van der Waals surface area contributed by atoms with Gasteiger partial charge in [-0.3, -0.25) is 9.89 Å². The van der Waals surface area contributed by atoms with E-state index in [0.29, 0.717) is 18.9 Å². The van der Waals surface area contributed by atoms with Crippen LogP contribution in [-0.4, -0.2) is 55.3 Å². The summed E-state index contributed by atoms with van der Waals surface area (Å²) in [5.74, 6) is -0.384. The number of likely N-dealkylation sites (tertiary alicyclic amines) is 1. The Bertz CT molecular complexity index is 423. The number of piperidine rings is 1. The SMILES string of the molecule is CCNC(=NCC1CCCCN1CC)NC1CCC(C(F)(F)F)CC1.I. The number of aliphatic imine (C=N–C) groups is 1. The second kappa shape index (κ2) is 11.6. The Labute approximate surface area is 172 Å². The first-order valence-corrected chi connectivity index (χ1v) is 9.79. The van der Waals surface area contributed by atoms with Gasteiger partial charge < -0.3 is 10.6 Å². The van der Waals surface area contributed by atoms with E-state index < -0.39 is 12.1 Å². The summed E-state index contributed by atoms with van der Waals surface area (Å²) in [6, 6.07) is 0.570. The van der Waals surface area contributed by atoms with Crippen molar-refractivity contribution in [2.45, 2.75) is 77.1 Å². The van der Waals surface area contributed by atoms with E-state index in [1.54, 1.807) is 0 Å². The highest BCUT2D eigenvalue weighted by Gasteiger charge is 2.41. The minimum Gasteiger partial charge on any atom is -0.357 e. The third-order valence-corrected chi connectivity index (χ3v) is 5.49. The molecule has 2 fully saturated rings. The molecule has 0 amide bonds. The number of rotatable bonds is 5. The molecule has 154 valence electrons.